The molecule has 0 fully saturated rings. The predicted molar refractivity (Wildman–Crippen MR) is 74.0 cm³/mol. The first-order chi connectivity index (χ1) is 6.58. The molecule has 0 nitrogen and oxygen atoms in total. The van der Waals surface area contributed by atoms with Crippen LogP contribution in [0.5, 0.6) is 0 Å². The van der Waals surface area contributed by atoms with Gasteiger partial charge in [-0.25, -0.2) is 0 Å². The largest absolute Gasteiger partial charge is 0.0838 e. The summed E-state index contributed by atoms with van der Waals surface area (Å²) >= 11 is 4.22. The van der Waals surface area contributed by atoms with Crippen molar-refractivity contribution in [2.75, 3.05) is 0 Å². The Balaban J connectivity index is 2.65. The maximum Gasteiger partial charge on any atom is 0.0469 e. The van der Waals surface area contributed by atoms with Crippen molar-refractivity contribution in [1.82, 2.24) is 0 Å². The molecule has 0 N–H and O–H groups in total. The monoisotopic (exact) mass is 318 g/mol. The normalized spacial score (nSPS) is 12.2. The SMILES string of the molecule is Cc1ccc(S/C(I)=C/C(C)C)cc1. The molecular formula is C12H15IS. The van der Waals surface area contributed by atoms with Crippen LogP contribution in [0.25, 0.3) is 0 Å². The molecule has 1 rings (SSSR count). The van der Waals surface area contributed by atoms with Gasteiger partial charge in [0, 0.05) is 7.81 Å². The van der Waals surface area contributed by atoms with Crippen LogP contribution in [0.3, 0.4) is 0 Å². The molecule has 0 amide bonds. The minimum Gasteiger partial charge on any atom is -0.0838 e. The summed E-state index contributed by atoms with van der Waals surface area (Å²) in [6, 6.07) is 8.66. The highest BCUT2D eigenvalue weighted by atomic mass is 127. The van der Waals surface area contributed by atoms with Gasteiger partial charge in [0.1, 0.15) is 0 Å². The highest BCUT2D eigenvalue weighted by Crippen LogP contribution is 2.32. The third-order valence-corrected chi connectivity index (χ3v) is 3.56. The maximum atomic E-state index is 2.39. The van der Waals surface area contributed by atoms with Crippen molar-refractivity contribution in [3.05, 3.63) is 38.8 Å². The Hall–Kier alpha value is 0.0400. The van der Waals surface area contributed by atoms with Gasteiger partial charge in [-0.2, -0.15) is 0 Å². The van der Waals surface area contributed by atoms with Crippen molar-refractivity contribution >= 4 is 34.4 Å². The van der Waals surface area contributed by atoms with E-state index in [4.69, 9.17) is 0 Å². The molecular weight excluding hydrogens is 303 g/mol. The van der Waals surface area contributed by atoms with Gasteiger partial charge in [0.2, 0.25) is 0 Å². The van der Waals surface area contributed by atoms with Gasteiger partial charge < -0.3 is 0 Å². The van der Waals surface area contributed by atoms with Crippen LogP contribution in [0.15, 0.2) is 38.1 Å². The predicted octanol–water partition coefficient (Wildman–Crippen LogP) is 5.02. The number of benzene rings is 1. The summed E-state index contributed by atoms with van der Waals surface area (Å²) in [4.78, 5) is 1.32. The summed E-state index contributed by atoms with van der Waals surface area (Å²) in [7, 11) is 0. The summed E-state index contributed by atoms with van der Waals surface area (Å²) in [5.41, 5.74) is 1.32. The van der Waals surface area contributed by atoms with E-state index in [-0.39, 0.29) is 0 Å². The third-order valence-electron chi connectivity index (χ3n) is 1.70. The lowest BCUT2D eigenvalue weighted by molar-refractivity contribution is 0.833. The minimum absolute atomic E-state index is 0.625. The van der Waals surface area contributed by atoms with E-state index in [1.165, 1.54) is 13.4 Å². The smallest absolute Gasteiger partial charge is 0.0469 e. The van der Waals surface area contributed by atoms with Gasteiger partial charge in [0.25, 0.3) is 0 Å². The van der Waals surface area contributed by atoms with E-state index in [9.17, 15) is 0 Å². The van der Waals surface area contributed by atoms with E-state index in [0.717, 1.165) is 0 Å². The fourth-order valence-corrected chi connectivity index (χ4v) is 3.33. The van der Waals surface area contributed by atoms with Crippen molar-refractivity contribution in [2.24, 2.45) is 5.92 Å². The fourth-order valence-electron chi connectivity index (χ4n) is 1.01. The van der Waals surface area contributed by atoms with Gasteiger partial charge in [0.05, 0.1) is 0 Å². The van der Waals surface area contributed by atoms with Crippen molar-refractivity contribution in [2.45, 2.75) is 25.7 Å². The molecule has 76 valence electrons. The van der Waals surface area contributed by atoms with Gasteiger partial charge in [-0.1, -0.05) is 49.4 Å². The molecule has 0 spiro atoms. The Morgan fingerprint density at radius 2 is 1.86 bits per heavy atom. The van der Waals surface area contributed by atoms with E-state index in [0.29, 0.717) is 5.92 Å². The molecule has 14 heavy (non-hydrogen) atoms. The number of allylic oxidation sites excluding steroid dienone is 1. The van der Waals surface area contributed by atoms with Gasteiger partial charge in [-0.15, -0.1) is 0 Å². The van der Waals surface area contributed by atoms with Gasteiger partial charge in [-0.05, 0) is 47.6 Å². The lowest BCUT2D eigenvalue weighted by Gasteiger charge is -2.02. The minimum atomic E-state index is 0.625. The van der Waals surface area contributed by atoms with E-state index >= 15 is 0 Å². The van der Waals surface area contributed by atoms with Gasteiger partial charge in [0.15, 0.2) is 0 Å². The molecule has 0 saturated heterocycles. The Morgan fingerprint density at radius 3 is 2.36 bits per heavy atom. The second-order valence-electron chi connectivity index (χ2n) is 3.63. The average Bonchev–Trinajstić information content (AvgIpc) is 2.07. The Kier molecular flexibility index (Phi) is 5.02. The Morgan fingerprint density at radius 1 is 1.29 bits per heavy atom. The van der Waals surface area contributed by atoms with Crippen molar-refractivity contribution in [3.8, 4) is 0 Å². The molecule has 0 aliphatic carbocycles. The van der Waals surface area contributed by atoms with E-state index < -0.39 is 0 Å². The molecule has 0 unspecified atom stereocenters. The molecule has 0 aliphatic rings. The number of hydrogen-bond donors (Lipinski definition) is 0. The molecule has 1 aromatic rings. The standard InChI is InChI=1S/C12H15IS/c1-9(2)8-12(13)14-11-6-4-10(3)5-7-11/h4-9H,1-3H3/b12-8+. The summed E-state index contributed by atoms with van der Waals surface area (Å²) in [5, 5.41) is 0. The second-order valence-corrected chi connectivity index (χ2v) is 6.64. The van der Waals surface area contributed by atoms with E-state index in [1.807, 2.05) is 11.8 Å². The zero-order chi connectivity index (χ0) is 10.6. The average molecular weight is 318 g/mol. The molecule has 0 saturated carbocycles. The first kappa shape index (κ1) is 12.1. The fraction of sp³-hybridized carbons (Fsp3) is 0.333. The van der Waals surface area contributed by atoms with Crippen LogP contribution in [0, 0.1) is 12.8 Å². The van der Waals surface area contributed by atoms with Crippen molar-refractivity contribution < 1.29 is 0 Å². The second kappa shape index (κ2) is 5.81. The molecule has 0 atom stereocenters. The molecule has 0 heterocycles. The number of rotatable bonds is 3. The number of thioether (sulfide) groups is 1. The van der Waals surface area contributed by atoms with E-state index in [1.54, 1.807) is 0 Å². The van der Waals surface area contributed by atoms with Crippen LogP contribution in [0.4, 0.5) is 0 Å². The maximum absolute atomic E-state index is 2.39. The van der Waals surface area contributed by atoms with Crippen LogP contribution >= 0.6 is 34.4 Å². The van der Waals surface area contributed by atoms with Crippen LogP contribution in [0.2, 0.25) is 0 Å². The molecule has 1 aromatic carbocycles. The number of hydrogen-bond acceptors (Lipinski definition) is 1. The Labute approximate surface area is 104 Å². The lowest BCUT2D eigenvalue weighted by Crippen LogP contribution is -1.78. The first-order valence-electron chi connectivity index (χ1n) is 4.70. The highest BCUT2D eigenvalue weighted by molar-refractivity contribution is 14.1. The molecule has 0 aromatic heterocycles. The Bertz CT molecular complexity index is 312. The zero-order valence-corrected chi connectivity index (χ0v) is 11.7. The summed E-state index contributed by atoms with van der Waals surface area (Å²) in [6.45, 7) is 6.52. The van der Waals surface area contributed by atoms with Crippen LogP contribution in [-0.2, 0) is 0 Å². The highest BCUT2D eigenvalue weighted by Gasteiger charge is 1.97. The third kappa shape index (κ3) is 4.51. The van der Waals surface area contributed by atoms with Crippen LogP contribution in [0.1, 0.15) is 19.4 Å². The summed E-state index contributed by atoms with van der Waals surface area (Å²) in [6.07, 6.45) is 2.28. The summed E-state index contributed by atoms with van der Waals surface area (Å²) in [5.74, 6) is 0.625. The van der Waals surface area contributed by atoms with Gasteiger partial charge in [-0.3, -0.25) is 0 Å². The number of aryl methyl sites for hydroxylation is 1. The quantitative estimate of drug-likeness (QED) is 0.557. The van der Waals surface area contributed by atoms with Crippen molar-refractivity contribution in [1.29, 1.82) is 0 Å². The molecule has 0 radical (unpaired) electrons. The van der Waals surface area contributed by atoms with E-state index in [2.05, 4.69) is 73.7 Å². The topological polar surface area (TPSA) is 0 Å². The van der Waals surface area contributed by atoms with Gasteiger partial charge >= 0.3 is 0 Å². The summed E-state index contributed by atoms with van der Waals surface area (Å²) < 4.78 is 1.35. The first-order valence-corrected chi connectivity index (χ1v) is 6.59. The zero-order valence-electron chi connectivity index (χ0n) is 8.75. The number of halogens is 1. The van der Waals surface area contributed by atoms with Crippen molar-refractivity contribution in [3.63, 3.8) is 0 Å². The van der Waals surface area contributed by atoms with Crippen LogP contribution in [-0.4, -0.2) is 0 Å². The molecule has 2 heteroatoms. The van der Waals surface area contributed by atoms with Crippen LogP contribution < -0.4 is 0 Å². The lowest BCUT2D eigenvalue weighted by atomic mass is 10.2. The molecule has 0 bridgehead atoms. The molecule has 0 aliphatic heterocycles.